The molecule has 0 amide bonds. The van der Waals surface area contributed by atoms with Crippen molar-refractivity contribution in [2.45, 2.75) is 12.5 Å². The summed E-state index contributed by atoms with van der Waals surface area (Å²) in [5.74, 6) is 0.558. The molecule has 4 heteroatoms. The molecule has 1 unspecified atom stereocenters. The van der Waals surface area contributed by atoms with Crippen molar-refractivity contribution in [1.29, 1.82) is 0 Å². The van der Waals surface area contributed by atoms with E-state index in [9.17, 15) is 9.50 Å². The smallest absolute Gasteiger partial charge is 0.170 e. The number of fused-ring (bicyclic) bond motifs is 1. The zero-order valence-corrected chi connectivity index (χ0v) is 11.8. The van der Waals surface area contributed by atoms with Gasteiger partial charge >= 0.3 is 0 Å². The largest absolute Gasteiger partial charge is 0.497 e. The number of methoxy groups -OCH3 is 1. The molecule has 2 aromatic carbocycles. The lowest BCUT2D eigenvalue weighted by Gasteiger charge is -2.21. The molecule has 3 aromatic rings. The highest BCUT2D eigenvalue weighted by molar-refractivity contribution is 5.78. The minimum absolute atomic E-state index is 0.154. The number of furan rings is 1. The van der Waals surface area contributed by atoms with E-state index in [1.807, 2.05) is 0 Å². The number of benzene rings is 2. The third kappa shape index (κ3) is 2.28. The van der Waals surface area contributed by atoms with Crippen molar-refractivity contribution >= 4 is 11.0 Å². The van der Waals surface area contributed by atoms with Gasteiger partial charge in [0.25, 0.3) is 0 Å². The van der Waals surface area contributed by atoms with Gasteiger partial charge in [-0.25, -0.2) is 4.39 Å². The van der Waals surface area contributed by atoms with Crippen LogP contribution >= 0.6 is 0 Å². The topological polar surface area (TPSA) is 42.6 Å². The molecule has 21 heavy (non-hydrogen) atoms. The Balaban J connectivity index is 2.07. The van der Waals surface area contributed by atoms with Crippen LogP contribution in [0, 0.1) is 5.82 Å². The van der Waals surface area contributed by atoms with E-state index in [1.165, 1.54) is 6.07 Å². The fourth-order valence-corrected chi connectivity index (χ4v) is 2.33. The lowest BCUT2D eigenvalue weighted by atomic mass is 9.93. The minimum Gasteiger partial charge on any atom is -0.497 e. The fourth-order valence-electron chi connectivity index (χ4n) is 2.33. The highest BCUT2D eigenvalue weighted by Gasteiger charge is 2.30. The molecule has 1 heterocycles. The van der Waals surface area contributed by atoms with Crippen molar-refractivity contribution in [2.24, 2.45) is 0 Å². The molecule has 1 aromatic heterocycles. The van der Waals surface area contributed by atoms with Crippen molar-refractivity contribution in [3.8, 4) is 5.75 Å². The van der Waals surface area contributed by atoms with Crippen molar-refractivity contribution in [2.75, 3.05) is 7.11 Å². The van der Waals surface area contributed by atoms with Crippen LogP contribution in [0.15, 0.2) is 52.9 Å². The van der Waals surface area contributed by atoms with Gasteiger partial charge in [0, 0.05) is 5.39 Å². The molecule has 0 aliphatic rings. The molecule has 1 atom stereocenters. The monoisotopic (exact) mass is 286 g/mol. The second-order valence-electron chi connectivity index (χ2n) is 5.07. The Morgan fingerprint density at radius 2 is 1.86 bits per heavy atom. The van der Waals surface area contributed by atoms with Crippen molar-refractivity contribution < 1.29 is 18.7 Å². The highest BCUT2D eigenvalue weighted by Crippen LogP contribution is 2.34. The zero-order chi connectivity index (χ0) is 15.0. The molecular weight excluding hydrogens is 271 g/mol. The molecule has 0 aliphatic carbocycles. The van der Waals surface area contributed by atoms with Crippen LogP contribution in [0.4, 0.5) is 4.39 Å². The molecule has 0 radical (unpaired) electrons. The highest BCUT2D eigenvalue weighted by atomic mass is 19.1. The summed E-state index contributed by atoms with van der Waals surface area (Å²) in [7, 11) is 1.58. The zero-order valence-electron chi connectivity index (χ0n) is 11.8. The third-order valence-corrected chi connectivity index (χ3v) is 3.63. The van der Waals surface area contributed by atoms with Gasteiger partial charge in [0.2, 0.25) is 0 Å². The molecular formula is C17H15FO3. The van der Waals surface area contributed by atoms with Gasteiger partial charge < -0.3 is 14.3 Å². The number of halogens is 1. The summed E-state index contributed by atoms with van der Waals surface area (Å²) in [5.41, 5.74) is -0.554. The Bertz CT molecular complexity index is 772. The van der Waals surface area contributed by atoms with Crippen LogP contribution in [0.1, 0.15) is 18.2 Å². The number of hydrogen-bond donors (Lipinski definition) is 1. The van der Waals surface area contributed by atoms with Gasteiger partial charge in [-0.05, 0) is 36.8 Å². The van der Waals surface area contributed by atoms with E-state index >= 15 is 0 Å². The molecule has 0 saturated heterocycles. The predicted octanol–water partition coefficient (Wildman–Crippen LogP) is 3.84. The molecule has 0 saturated carbocycles. The number of ether oxygens (including phenoxy) is 1. The molecule has 0 spiro atoms. The number of hydrogen-bond acceptors (Lipinski definition) is 3. The number of rotatable bonds is 3. The van der Waals surface area contributed by atoms with E-state index in [1.54, 1.807) is 56.5 Å². The van der Waals surface area contributed by atoms with Gasteiger partial charge in [-0.3, -0.25) is 0 Å². The summed E-state index contributed by atoms with van der Waals surface area (Å²) in [6.07, 6.45) is 0. The molecule has 3 rings (SSSR count). The molecule has 3 nitrogen and oxygen atoms in total. The van der Waals surface area contributed by atoms with E-state index in [-0.39, 0.29) is 5.58 Å². The molecule has 1 N–H and O–H groups in total. The summed E-state index contributed by atoms with van der Waals surface area (Å²) >= 11 is 0. The average molecular weight is 286 g/mol. The van der Waals surface area contributed by atoms with E-state index < -0.39 is 11.4 Å². The number of aliphatic hydroxyl groups is 1. The van der Waals surface area contributed by atoms with Crippen LogP contribution in [-0.2, 0) is 5.60 Å². The minimum atomic E-state index is -1.35. The first-order valence-electron chi connectivity index (χ1n) is 6.58. The standard InChI is InChI=1S/C17H15FO3/c1-17(19,12-6-8-13(20-2)9-7-12)15-10-11-4-3-5-14(18)16(11)21-15/h3-10,19H,1-2H3. The second-order valence-corrected chi connectivity index (χ2v) is 5.07. The first-order valence-corrected chi connectivity index (χ1v) is 6.58. The van der Waals surface area contributed by atoms with Crippen molar-refractivity contribution in [1.82, 2.24) is 0 Å². The van der Waals surface area contributed by atoms with Crippen molar-refractivity contribution in [3.63, 3.8) is 0 Å². The van der Waals surface area contributed by atoms with Gasteiger partial charge in [-0.1, -0.05) is 24.3 Å². The maximum absolute atomic E-state index is 13.7. The summed E-state index contributed by atoms with van der Waals surface area (Å²) in [6, 6.07) is 13.4. The van der Waals surface area contributed by atoms with Gasteiger partial charge in [-0.2, -0.15) is 0 Å². The summed E-state index contributed by atoms with van der Waals surface area (Å²) in [4.78, 5) is 0. The van der Waals surface area contributed by atoms with Crippen LogP contribution in [0.25, 0.3) is 11.0 Å². The van der Waals surface area contributed by atoms with Gasteiger partial charge in [-0.15, -0.1) is 0 Å². The molecule has 0 fully saturated rings. The Hall–Kier alpha value is -2.33. The Morgan fingerprint density at radius 3 is 2.48 bits per heavy atom. The average Bonchev–Trinajstić information content (AvgIpc) is 2.94. The predicted molar refractivity (Wildman–Crippen MR) is 77.8 cm³/mol. The Labute approximate surface area is 121 Å². The van der Waals surface area contributed by atoms with E-state index in [0.29, 0.717) is 22.5 Å². The van der Waals surface area contributed by atoms with Gasteiger partial charge in [0.1, 0.15) is 17.1 Å². The first-order chi connectivity index (χ1) is 10.0. The molecule has 0 aliphatic heterocycles. The quantitative estimate of drug-likeness (QED) is 0.795. The fraction of sp³-hybridized carbons (Fsp3) is 0.176. The van der Waals surface area contributed by atoms with Crippen LogP contribution in [0.3, 0.4) is 0 Å². The van der Waals surface area contributed by atoms with Crippen LogP contribution in [-0.4, -0.2) is 12.2 Å². The maximum atomic E-state index is 13.7. The SMILES string of the molecule is COc1ccc(C(C)(O)c2cc3cccc(F)c3o2)cc1. The Morgan fingerprint density at radius 1 is 1.14 bits per heavy atom. The molecule has 0 bridgehead atoms. The normalized spacial score (nSPS) is 14.1. The second kappa shape index (κ2) is 4.90. The first kappa shape index (κ1) is 13.6. The lowest BCUT2D eigenvalue weighted by molar-refractivity contribution is 0.0784. The van der Waals surface area contributed by atoms with Gasteiger partial charge in [0.15, 0.2) is 11.4 Å². The van der Waals surface area contributed by atoms with Gasteiger partial charge in [0.05, 0.1) is 7.11 Å². The maximum Gasteiger partial charge on any atom is 0.170 e. The van der Waals surface area contributed by atoms with Crippen LogP contribution in [0.2, 0.25) is 0 Å². The number of para-hydroxylation sites is 1. The molecule has 108 valence electrons. The van der Waals surface area contributed by atoms with Crippen LogP contribution in [0.5, 0.6) is 5.75 Å². The summed E-state index contributed by atoms with van der Waals surface area (Å²) < 4.78 is 24.3. The van der Waals surface area contributed by atoms with E-state index in [2.05, 4.69) is 0 Å². The summed E-state index contributed by atoms with van der Waals surface area (Å²) in [6.45, 7) is 1.62. The Kier molecular flexibility index (Phi) is 3.18. The van der Waals surface area contributed by atoms with E-state index in [0.717, 1.165) is 0 Å². The van der Waals surface area contributed by atoms with E-state index in [4.69, 9.17) is 9.15 Å². The van der Waals surface area contributed by atoms with Crippen molar-refractivity contribution in [3.05, 3.63) is 65.7 Å². The third-order valence-electron chi connectivity index (χ3n) is 3.63. The summed E-state index contributed by atoms with van der Waals surface area (Å²) in [5, 5.41) is 11.4. The van der Waals surface area contributed by atoms with Crippen LogP contribution < -0.4 is 4.74 Å². The lowest BCUT2D eigenvalue weighted by Crippen LogP contribution is -2.21.